The van der Waals surface area contributed by atoms with Gasteiger partial charge in [-0.1, -0.05) is 130 Å². The average molecular weight is 857 g/mol. The molecule has 0 spiro atoms. The molecule has 44 heavy (non-hydrogen) atoms. The van der Waals surface area contributed by atoms with Gasteiger partial charge in [0.05, 0.1) is 0 Å². The first-order valence-electron chi connectivity index (χ1n) is 13.7. The normalized spacial score (nSPS) is 17.0. The van der Waals surface area contributed by atoms with Crippen LogP contribution in [0.5, 0.6) is 0 Å². The van der Waals surface area contributed by atoms with Gasteiger partial charge in [0.25, 0.3) is 0 Å². The van der Waals surface area contributed by atoms with Crippen molar-refractivity contribution >= 4 is 23.8 Å². The molecule has 3 aromatic carbocycles. The van der Waals surface area contributed by atoms with Crippen LogP contribution in [0.15, 0.2) is 91.0 Å². The van der Waals surface area contributed by atoms with Gasteiger partial charge in [0.1, 0.15) is 0 Å². The van der Waals surface area contributed by atoms with Gasteiger partial charge in [0, 0.05) is 56.5 Å². The molecule has 4 heteroatoms. The second kappa shape index (κ2) is 29.0. The van der Waals surface area contributed by atoms with Crippen LogP contribution in [0.4, 0.5) is 0 Å². The maximum Gasteiger partial charge on any atom is 0 e. The third-order valence-corrected chi connectivity index (χ3v) is 8.12. The smallest absolute Gasteiger partial charge is 0 e. The van der Waals surface area contributed by atoms with E-state index in [1.165, 1.54) is 27.7 Å². The van der Waals surface area contributed by atoms with Crippen LogP contribution < -0.4 is 15.9 Å². The molecule has 231 valence electrons. The Morgan fingerprint density at radius 2 is 0.795 bits per heavy atom. The van der Waals surface area contributed by atoms with E-state index in [0.717, 1.165) is 0 Å². The predicted octanol–water partition coefficient (Wildman–Crippen LogP) is 8.06. The summed E-state index contributed by atoms with van der Waals surface area (Å²) in [4.78, 5) is 0. The van der Waals surface area contributed by atoms with E-state index in [9.17, 15) is 0 Å². The van der Waals surface area contributed by atoms with Crippen molar-refractivity contribution in [3.05, 3.63) is 218 Å². The third-order valence-electron chi connectivity index (χ3n) is 5.68. The molecule has 4 aliphatic rings. The van der Waals surface area contributed by atoms with Crippen LogP contribution in [-0.2, 0) is 56.5 Å². The molecule has 0 N–H and O–H groups in total. The van der Waals surface area contributed by atoms with Crippen molar-refractivity contribution in [1.82, 2.24) is 0 Å². The van der Waals surface area contributed by atoms with Crippen LogP contribution in [0.1, 0.15) is 13.8 Å². The van der Waals surface area contributed by atoms with Crippen LogP contribution in [-0.4, -0.2) is 0 Å². The minimum Gasteiger partial charge on any atom is -0.474 e. The first-order chi connectivity index (χ1) is 20.2. The number of hydrogen-bond donors (Lipinski definition) is 0. The topological polar surface area (TPSA) is 0 Å². The van der Waals surface area contributed by atoms with E-state index in [1.54, 1.807) is 0 Å². The number of rotatable bonds is 3. The van der Waals surface area contributed by atoms with E-state index in [4.69, 9.17) is 0 Å². The monoisotopic (exact) mass is 857 g/mol. The Balaban J connectivity index is 0.000000607. The molecule has 0 heterocycles. The summed E-state index contributed by atoms with van der Waals surface area (Å²) < 4.78 is 0. The van der Waals surface area contributed by atoms with E-state index in [0.29, 0.717) is 0 Å². The van der Waals surface area contributed by atoms with E-state index >= 15 is 0 Å². The summed E-state index contributed by atoms with van der Waals surface area (Å²) in [5.41, 5.74) is 0. The zero-order valence-corrected chi connectivity index (χ0v) is 30.1. The Labute approximate surface area is 310 Å². The summed E-state index contributed by atoms with van der Waals surface area (Å²) >= 11 is 0. The Bertz CT molecular complexity index is 849. The standard InChI is InChI=1S/C18H15P.C6H7.C6H6.C5H5.C5H4.Au.2Fe/c1-4-10-16(11-5-1)19(17-12-6-2-7-13-17)18-14-8-3-9-15-18;2*1-6-4-2-3-5-6;2*1-2-4-5-3-1;;;/h1-15H;2-5H,1H3;2,4-5H,1H3;1-5H;1-4H;;;/q;;-1;;-1;;;. The van der Waals surface area contributed by atoms with E-state index < -0.39 is 7.92 Å². The van der Waals surface area contributed by atoms with E-state index in [-0.39, 0.29) is 56.5 Å². The average Bonchev–Trinajstić information content (AvgIpc) is 3.86. The Hall–Kier alpha value is -0.131. The van der Waals surface area contributed by atoms with Gasteiger partial charge in [0.15, 0.2) is 0 Å². The van der Waals surface area contributed by atoms with Crippen LogP contribution in [0.25, 0.3) is 0 Å². The summed E-state index contributed by atoms with van der Waals surface area (Å²) in [6.45, 7) is 4.14. The fourth-order valence-corrected chi connectivity index (χ4v) is 5.96. The molecular formula is C40H37AuFe2P-2. The van der Waals surface area contributed by atoms with Gasteiger partial charge < -0.3 is 12.8 Å². The van der Waals surface area contributed by atoms with Crippen molar-refractivity contribution in [3.8, 4) is 0 Å². The van der Waals surface area contributed by atoms with E-state index in [2.05, 4.69) is 131 Å². The van der Waals surface area contributed by atoms with Crippen molar-refractivity contribution in [3.63, 3.8) is 0 Å². The van der Waals surface area contributed by atoms with Gasteiger partial charge in [-0.25, -0.2) is 25.7 Å². The second-order valence-corrected chi connectivity index (χ2v) is 11.3. The minimum atomic E-state index is -0.446. The molecule has 4 aliphatic carbocycles. The first kappa shape index (κ1) is 43.9. The molecule has 4 saturated carbocycles. The van der Waals surface area contributed by atoms with Crippen LogP contribution >= 0.6 is 7.92 Å². The van der Waals surface area contributed by atoms with Gasteiger partial charge >= 0.3 is 0 Å². The zero-order chi connectivity index (χ0) is 28.8. The van der Waals surface area contributed by atoms with Crippen LogP contribution in [0.2, 0.25) is 0 Å². The summed E-state index contributed by atoms with van der Waals surface area (Å²) in [7, 11) is -0.446. The molecule has 0 saturated heterocycles. The van der Waals surface area contributed by atoms with Crippen molar-refractivity contribution in [2.75, 3.05) is 0 Å². The Morgan fingerprint density at radius 1 is 0.409 bits per heavy atom. The van der Waals surface area contributed by atoms with Gasteiger partial charge in [-0.15, -0.1) is 0 Å². The number of benzene rings is 3. The molecule has 4 fully saturated rings. The minimum absolute atomic E-state index is 0. The molecule has 0 aromatic heterocycles. The maximum absolute atomic E-state index is 2.93. The van der Waals surface area contributed by atoms with Crippen LogP contribution in [0.3, 0.4) is 0 Å². The van der Waals surface area contributed by atoms with Crippen molar-refractivity contribution in [2.45, 2.75) is 13.8 Å². The summed E-state index contributed by atoms with van der Waals surface area (Å²) in [6.07, 6.45) is 37.6. The zero-order valence-electron chi connectivity index (χ0n) is 24.9. The summed E-state index contributed by atoms with van der Waals surface area (Å²) in [6, 6.07) is 32.3. The SMILES string of the molecule is C[C]1[CH][C-][CH][CH]1.C[C]1[CH][CH][CH][CH]1.[Au].[C-]1[CH][CH][CH][CH]1.[CH]1[CH][CH][CH][CH]1.[Fe].[Fe].c1ccc(P(c2ccccc2)c2ccccc2)cc1. The van der Waals surface area contributed by atoms with Crippen molar-refractivity contribution in [1.29, 1.82) is 0 Å². The maximum atomic E-state index is 2.93. The molecular weight excluding hydrogens is 820 g/mol. The molecule has 0 unspecified atom stereocenters. The van der Waals surface area contributed by atoms with Gasteiger partial charge in [-0.05, 0) is 87.5 Å². The quantitative estimate of drug-likeness (QED) is 0.142. The van der Waals surface area contributed by atoms with Crippen molar-refractivity contribution < 1.29 is 56.5 Å². The first-order valence-corrected chi connectivity index (χ1v) is 15.1. The second-order valence-electron chi connectivity index (χ2n) is 9.04. The van der Waals surface area contributed by atoms with Gasteiger partial charge in [-0.2, -0.15) is 0 Å². The molecule has 3 aromatic rings. The number of hydrogen-bond acceptors (Lipinski definition) is 0. The fraction of sp³-hybridized carbons (Fsp3) is 0.0500. The Morgan fingerprint density at radius 3 is 1.00 bits per heavy atom. The van der Waals surface area contributed by atoms with Crippen molar-refractivity contribution in [2.24, 2.45) is 0 Å². The van der Waals surface area contributed by atoms with E-state index in [1.807, 2.05) is 89.9 Å². The molecule has 0 nitrogen and oxygen atoms in total. The van der Waals surface area contributed by atoms with Crippen LogP contribution in [0, 0.1) is 127 Å². The molecule has 0 atom stereocenters. The fourth-order valence-electron chi connectivity index (χ4n) is 3.65. The summed E-state index contributed by atoms with van der Waals surface area (Å²) in [5.74, 6) is 2.63. The third kappa shape index (κ3) is 19.5. The molecule has 0 amide bonds. The molecule has 0 bridgehead atoms. The molecule has 0 aliphatic heterocycles. The largest absolute Gasteiger partial charge is 0.474 e. The molecule has 21 radical (unpaired) electrons. The van der Waals surface area contributed by atoms with Gasteiger partial charge in [0.2, 0.25) is 0 Å². The Kier molecular flexibility index (Phi) is 29.0. The molecule has 7 rings (SSSR count). The van der Waals surface area contributed by atoms with Gasteiger partial charge in [-0.3, -0.25) is 0 Å². The summed E-state index contributed by atoms with van der Waals surface area (Å²) in [5, 5.41) is 4.19. The predicted molar refractivity (Wildman–Crippen MR) is 178 cm³/mol.